The van der Waals surface area contributed by atoms with Gasteiger partial charge in [0, 0.05) is 44.8 Å². The van der Waals surface area contributed by atoms with E-state index in [-0.39, 0.29) is 18.4 Å². The third-order valence-corrected chi connectivity index (χ3v) is 5.55. The number of benzene rings is 2. The highest BCUT2D eigenvalue weighted by molar-refractivity contribution is 5.94. The van der Waals surface area contributed by atoms with E-state index in [1.165, 1.54) is 11.1 Å². The van der Waals surface area contributed by atoms with Crippen molar-refractivity contribution in [1.29, 1.82) is 0 Å². The first-order valence-electron chi connectivity index (χ1n) is 10.2. The number of anilines is 1. The van der Waals surface area contributed by atoms with Gasteiger partial charge in [0.15, 0.2) is 6.61 Å². The van der Waals surface area contributed by atoms with E-state index >= 15 is 0 Å². The van der Waals surface area contributed by atoms with Crippen molar-refractivity contribution in [2.75, 3.05) is 38.1 Å². The number of rotatable bonds is 5. The Balaban J connectivity index is 1.24. The first kappa shape index (κ1) is 19.5. The Labute approximate surface area is 171 Å². The fourth-order valence-electron chi connectivity index (χ4n) is 3.91. The Hall–Kier alpha value is -2.86. The van der Waals surface area contributed by atoms with Gasteiger partial charge in [0.05, 0.1) is 0 Å². The molecule has 0 spiro atoms. The highest BCUT2D eigenvalue weighted by Gasteiger charge is 2.22. The molecular weight excluding hydrogens is 366 g/mol. The number of nitrogens with zero attached hydrogens (tertiary/aromatic N) is 2. The van der Waals surface area contributed by atoms with Gasteiger partial charge in [0.2, 0.25) is 5.91 Å². The van der Waals surface area contributed by atoms with E-state index < -0.39 is 0 Å². The number of ether oxygens (including phenoxy) is 1. The van der Waals surface area contributed by atoms with Crippen LogP contribution in [-0.2, 0) is 22.6 Å². The maximum atomic E-state index is 12.5. The summed E-state index contributed by atoms with van der Waals surface area (Å²) in [5.41, 5.74) is 4.48. The van der Waals surface area contributed by atoms with Crippen molar-refractivity contribution in [2.45, 2.75) is 26.3 Å². The predicted molar refractivity (Wildman–Crippen MR) is 112 cm³/mol. The van der Waals surface area contributed by atoms with Gasteiger partial charge in [-0.05, 0) is 42.7 Å². The Morgan fingerprint density at radius 1 is 1.07 bits per heavy atom. The van der Waals surface area contributed by atoms with Crippen molar-refractivity contribution in [1.82, 2.24) is 9.80 Å². The van der Waals surface area contributed by atoms with Gasteiger partial charge in [-0.1, -0.05) is 29.8 Å². The maximum Gasteiger partial charge on any atom is 0.260 e. The minimum atomic E-state index is 0.0197. The van der Waals surface area contributed by atoms with Gasteiger partial charge in [-0.15, -0.1) is 0 Å². The van der Waals surface area contributed by atoms with Gasteiger partial charge in [-0.25, -0.2) is 0 Å². The number of amides is 2. The quantitative estimate of drug-likeness (QED) is 0.848. The van der Waals surface area contributed by atoms with E-state index in [9.17, 15) is 9.59 Å². The average Bonchev–Trinajstić information content (AvgIpc) is 2.72. The lowest BCUT2D eigenvalue weighted by atomic mass is 10.0. The van der Waals surface area contributed by atoms with Crippen LogP contribution in [0.5, 0.6) is 5.75 Å². The zero-order chi connectivity index (χ0) is 20.2. The van der Waals surface area contributed by atoms with Crippen LogP contribution in [0, 0.1) is 6.92 Å². The lowest BCUT2D eigenvalue weighted by Crippen LogP contribution is -2.49. The second-order valence-corrected chi connectivity index (χ2v) is 7.80. The van der Waals surface area contributed by atoms with Crippen LogP contribution in [0.25, 0.3) is 0 Å². The van der Waals surface area contributed by atoms with Crippen LogP contribution in [0.1, 0.15) is 23.1 Å². The van der Waals surface area contributed by atoms with Crippen molar-refractivity contribution in [3.8, 4) is 5.75 Å². The van der Waals surface area contributed by atoms with Gasteiger partial charge in [-0.3, -0.25) is 14.5 Å². The van der Waals surface area contributed by atoms with E-state index in [1.54, 1.807) is 6.07 Å². The van der Waals surface area contributed by atoms with E-state index in [0.717, 1.165) is 44.0 Å². The molecule has 0 aliphatic carbocycles. The third kappa shape index (κ3) is 4.95. The van der Waals surface area contributed by atoms with Crippen LogP contribution in [-0.4, -0.2) is 54.4 Å². The number of hydrogen-bond donors (Lipinski definition) is 1. The Morgan fingerprint density at radius 3 is 2.69 bits per heavy atom. The molecule has 6 nitrogen and oxygen atoms in total. The third-order valence-electron chi connectivity index (χ3n) is 5.55. The number of carbonyl (C=O) groups excluding carboxylic acids is 2. The molecule has 29 heavy (non-hydrogen) atoms. The molecule has 1 fully saturated rings. The summed E-state index contributed by atoms with van der Waals surface area (Å²) in [5, 5.41) is 2.85. The molecular formula is C23H27N3O3. The summed E-state index contributed by atoms with van der Waals surface area (Å²) in [4.78, 5) is 28.2. The summed E-state index contributed by atoms with van der Waals surface area (Å²) in [6, 6.07) is 14.1. The van der Waals surface area contributed by atoms with Gasteiger partial charge in [0.25, 0.3) is 5.91 Å². The summed E-state index contributed by atoms with van der Waals surface area (Å²) >= 11 is 0. The molecule has 2 aromatic carbocycles. The number of aryl methyl sites for hydroxylation is 2. The molecule has 1 saturated heterocycles. The Kier molecular flexibility index (Phi) is 5.81. The number of carbonyl (C=O) groups is 2. The Morgan fingerprint density at radius 2 is 1.90 bits per heavy atom. The minimum Gasteiger partial charge on any atom is -0.484 e. The molecule has 6 heteroatoms. The zero-order valence-corrected chi connectivity index (χ0v) is 16.8. The van der Waals surface area contributed by atoms with Crippen LogP contribution < -0.4 is 10.1 Å². The lowest BCUT2D eigenvalue weighted by Gasteiger charge is -2.34. The molecule has 2 heterocycles. The van der Waals surface area contributed by atoms with Gasteiger partial charge in [0.1, 0.15) is 5.75 Å². The van der Waals surface area contributed by atoms with E-state index in [4.69, 9.17) is 4.74 Å². The number of piperazine rings is 1. The average molecular weight is 393 g/mol. The van der Waals surface area contributed by atoms with E-state index in [1.807, 2.05) is 17.0 Å². The standard InChI is InChI=1S/C23H27N3O3/c1-17-3-2-4-18(13-17)15-25-9-11-26(12-10-25)23(28)16-29-20-6-7-21-19(14-20)5-8-22(27)24-21/h2-4,6-7,13-14H,5,8-12,15-16H2,1H3,(H,24,27). The topological polar surface area (TPSA) is 61.9 Å². The molecule has 0 unspecified atom stereocenters. The molecule has 0 aromatic heterocycles. The number of hydrogen-bond acceptors (Lipinski definition) is 4. The highest BCUT2D eigenvalue weighted by Crippen LogP contribution is 2.26. The molecule has 4 rings (SSSR count). The van der Waals surface area contributed by atoms with Crippen LogP contribution in [0.15, 0.2) is 42.5 Å². The first-order valence-corrected chi connectivity index (χ1v) is 10.2. The van der Waals surface area contributed by atoms with Crippen LogP contribution in [0.4, 0.5) is 5.69 Å². The molecule has 0 saturated carbocycles. The largest absolute Gasteiger partial charge is 0.484 e. The van der Waals surface area contributed by atoms with Gasteiger partial charge >= 0.3 is 0 Å². The van der Waals surface area contributed by atoms with E-state index in [0.29, 0.717) is 18.6 Å². The van der Waals surface area contributed by atoms with Crippen LogP contribution >= 0.6 is 0 Å². The van der Waals surface area contributed by atoms with Crippen LogP contribution in [0.3, 0.4) is 0 Å². The van der Waals surface area contributed by atoms with E-state index in [2.05, 4.69) is 41.4 Å². The molecule has 2 amide bonds. The highest BCUT2D eigenvalue weighted by atomic mass is 16.5. The minimum absolute atomic E-state index is 0.0197. The van der Waals surface area contributed by atoms with Crippen LogP contribution in [0.2, 0.25) is 0 Å². The Bertz CT molecular complexity index is 904. The summed E-state index contributed by atoms with van der Waals surface area (Å²) in [6.45, 7) is 6.28. The summed E-state index contributed by atoms with van der Waals surface area (Å²) in [7, 11) is 0. The lowest BCUT2D eigenvalue weighted by molar-refractivity contribution is -0.135. The van der Waals surface area contributed by atoms with Crippen molar-refractivity contribution in [3.63, 3.8) is 0 Å². The molecule has 1 N–H and O–H groups in total. The molecule has 2 aliphatic heterocycles. The smallest absolute Gasteiger partial charge is 0.260 e. The van der Waals surface area contributed by atoms with Crippen molar-refractivity contribution in [3.05, 3.63) is 59.2 Å². The number of fused-ring (bicyclic) bond motifs is 1. The molecule has 0 bridgehead atoms. The monoisotopic (exact) mass is 393 g/mol. The van der Waals surface area contributed by atoms with Gasteiger partial charge in [-0.2, -0.15) is 0 Å². The van der Waals surface area contributed by atoms with Crippen molar-refractivity contribution in [2.24, 2.45) is 0 Å². The van der Waals surface area contributed by atoms with Crippen molar-refractivity contribution >= 4 is 17.5 Å². The summed E-state index contributed by atoms with van der Waals surface area (Å²) in [6.07, 6.45) is 1.19. The van der Waals surface area contributed by atoms with Crippen molar-refractivity contribution < 1.29 is 14.3 Å². The molecule has 0 atom stereocenters. The summed E-state index contributed by atoms with van der Waals surface area (Å²) in [5.74, 6) is 0.737. The second kappa shape index (κ2) is 8.66. The SMILES string of the molecule is Cc1cccc(CN2CCN(C(=O)COc3ccc4c(c3)CCC(=O)N4)CC2)c1. The van der Waals surface area contributed by atoms with Gasteiger partial charge < -0.3 is 15.0 Å². The first-order chi connectivity index (χ1) is 14.1. The molecule has 152 valence electrons. The molecule has 2 aliphatic rings. The zero-order valence-electron chi connectivity index (χ0n) is 16.8. The summed E-state index contributed by atoms with van der Waals surface area (Å²) < 4.78 is 5.73. The normalized spacial score (nSPS) is 16.9. The molecule has 2 aromatic rings. The fraction of sp³-hybridized carbons (Fsp3) is 0.391. The predicted octanol–water partition coefficient (Wildman–Crippen LogP) is 2.60. The fourth-order valence-corrected chi connectivity index (χ4v) is 3.91. The number of nitrogens with one attached hydrogen (secondary N) is 1. The molecule has 0 radical (unpaired) electrons. The second-order valence-electron chi connectivity index (χ2n) is 7.80. The maximum absolute atomic E-state index is 12.5.